The van der Waals surface area contributed by atoms with Gasteiger partial charge in [0.05, 0.1) is 0 Å². The van der Waals surface area contributed by atoms with Crippen molar-refractivity contribution in [2.75, 3.05) is 0 Å². The van der Waals surface area contributed by atoms with Crippen molar-refractivity contribution in [1.29, 1.82) is 0 Å². The fourth-order valence-corrected chi connectivity index (χ4v) is 5.41. The third-order valence-electron chi connectivity index (χ3n) is 6.34. The van der Waals surface area contributed by atoms with E-state index < -0.39 is 0 Å². The average molecular weight is 342 g/mol. The zero-order valence-corrected chi connectivity index (χ0v) is 14.5. The Morgan fingerprint density at radius 3 is 1.89 bits per heavy atom. The highest BCUT2D eigenvalue weighted by molar-refractivity contribution is 6.40. The van der Waals surface area contributed by atoms with E-state index in [0.29, 0.717) is 6.42 Å². The van der Waals surface area contributed by atoms with Gasteiger partial charge in [0.15, 0.2) is 5.78 Å². The Bertz CT molecular complexity index is 1650. The summed E-state index contributed by atoms with van der Waals surface area (Å²) in [7, 11) is 0. The van der Waals surface area contributed by atoms with Gasteiger partial charge in [0.2, 0.25) is 0 Å². The summed E-state index contributed by atoms with van der Waals surface area (Å²) in [5, 5.41) is 13.9. The molecule has 0 spiro atoms. The number of carbonyl (C=O) groups excluding carboxylic acids is 1. The molecule has 0 bridgehead atoms. The molecular weight excluding hydrogens is 328 g/mol. The number of rotatable bonds is 0. The first-order valence-electron chi connectivity index (χ1n) is 9.39. The van der Waals surface area contributed by atoms with Gasteiger partial charge in [-0.25, -0.2) is 0 Å². The molecule has 0 saturated carbocycles. The van der Waals surface area contributed by atoms with Crippen molar-refractivity contribution in [2.24, 2.45) is 0 Å². The van der Waals surface area contributed by atoms with Gasteiger partial charge < -0.3 is 0 Å². The van der Waals surface area contributed by atoms with Crippen LogP contribution in [0.1, 0.15) is 5.56 Å². The third-order valence-corrected chi connectivity index (χ3v) is 6.34. The summed E-state index contributed by atoms with van der Waals surface area (Å²) >= 11 is 0. The van der Waals surface area contributed by atoms with Crippen molar-refractivity contribution in [3.05, 3.63) is 77.5 Å². The molecule has 0 saturated heterocycles. The molecule has 124 valence electrons. The van der Waals surface area contributed by atoms with Crippen LogP contribution in [0.3, 0.4) is 0 Å². The highest BCUT2D eigenvalue weighted by Crippen LogP contribution is 2.46. The van der Waals surface area contributed by atoms with Gasteiger partial charge in [0.1, 0.15) is 0 Å². The first kappa shape index (κ1) is 13.7. The molecular formula is C26H14O. The normalized spacial score (nSPS) is 14.1. The SMILES string of the molecule is O=C1C=c2c3ccccc3c3c2c(c2c4ccccc4c4cccc3c42)C1. The standard InChI is InChI=1S/C26H14O/c27-14-12-21-16-7-2-4-9-18(16)24-20-11-5-10-19-15-6-1-3-8-17(15)25(23(19)20)22(13-14)26(21)24/h1-12H,13H2. The molecule has 6 aromatic rings. The van der Waals surface area contributed by atoms with E-state index in [1.807, 2.05) is 6.08 Å². The van der Waals surface area contributed by atoms with E-state index in [2.05, 4.69) is 66.7 Å². The summed E-state index contributed by atoms with van der Waals surface area (Å²) in [6.45, 7) is 0. The van der Waals surface area contributed by atoms with Crippen molar-refractivity contribution in [1.82, 2.24) is 0 Å². The first-order chi connectivity index (χ1) is 13.3. The van der Waals surface area contributed by atoms with E-state index in [9.17, 15) is 4.79 Å². The van der Waals surface area contributed by atoms with Crippen LogP contribution < -0.4 is 5.22 Å². The number of benzene rings is 4. The quantitative estimate of drug-likeness (QED) is 0.355. The van der Waals surface area contributed by atoms with Gasteiger partial charge >= 0.3 is 0 Å². The Morgan fingerprint density at radius 2 is 1.07 bits per heavy atom. The van der Waals surface area contributed by atoms with Crippen LogP contribution >= 0.6 is 0 Å². The average Bonchev–Trinajstić information content (AvgIpc) is 3.21. The van der Waals surface area contributed by atoms with Crippen LogP contribution in [-0.2, 0) is 11.2 Å². The molecule has 0 aromatic heterocycles. The fraction of sp³-hybridized carbons (Fsp3) is 0.0385. The molecule has 0 radical (unpaired) electrons. The lowest BCUT2D eigenvalue weighted by Crippen LogP contribution is -2.14. The predicted octanol–water partition coefficient (Wildman–Crippen LogP) is 5.52. The molecule has 0 fully saturated rings. The molecule has 1 heteroatoms. The maximum absolute atomic E-state index is 12.7. The second-order valence-corrected chi connectivity index (χ2v) is 7.62. The zero-order chi connectivity index (χ0) is 17.7. The van der Waals surface area contributed by atoms with Crippen molar-refractivity contribution in [3.8, 4) is 0 Å². The maximum Gasteiger partial charge on any atom is 0.160 e. The van der Waals surface area contributed by atoms with Crippen LogP contribution in [0.25, 0.3) is 59.9 Å². The number of carbonyl (C=O) groups is 1. The maximum atomic E-state index is 12.7. The molecule has 0 atom stereocenters. The molecule has 0 N–H and O–H groups in total. The predicted molar refractivity (Wildman–Crippen MR) is 114 cm³/mol. The summed E-state index contributed by atoms with van der Waals surface area (Å²) < 4.78 is 0. The van der Waals surface area contributed by atoms with Crippen molar-refractivity contribution in [3.63, 3.8) is 0 Å². The summed E-state index contributed by atoms with van der Waals surface area (Å²) in [6.07, 6.45) is 2.36. The van der Waals surface area contributed by atoms with Crippen LogP contribution in [0, 0.1) is 0 Å². The van der Waals surface area contributed by atoms with Gasteiger partial charge in [-0.2, -0.15) is 0 Å². The lowest BCUT2D eigenvalue weighted by molar-refractivity contribution is -0.112. The second kappa shape index (κ2) is 4.44. The third kappa shape index (κ3) is 1.47. The monoisotopic (exact) mass is 342 g/mol. The minimum absolute atomic E-state index is 0.206. The lowest BCUT2D eigenvalue weighted by Gasteiger charge is -2.12. The van der Waals surface area contributed by atoms with Crippen molar-refractivity contribution < 1.29 is 4.79 Å². The van der Waals surface area contributed by atoms with E-state index in [4.69, 9.17) is 0 Å². The van der Waals surface area contributed by atoms with E-state index >= 15 is 0 Å². The van der Waals surface area contributed by atoms with Crippen LogP contribution in [0.4, 0.5) is 0 Å². The number of ketones is 1. The molecule has 1 aliphatic rings. The Morgan fingerprint density at radius 1 is 0.519 bits per heavy atom. The summed E-state index contributed by atoms with van der Waals surface area (Å²) in [5.41, 5.74) is 1.22. The molecule has 1 aliphatic carbocycles. The molecule has 0 amide bonds. The molecule has 27 heavy (non-hydrogen) atoms. The largest absolute Gasteiger partial charge is 0.294 e. The van der Waals surface area contributed by atoms with Gasteiger partial charge in [-0.3, -0.25) is 4.79 Å². The second-order valence-electron chi connectivity index (χ2n) is 7.62. The lowest BCUT2D eigenvalue weighted by atomic mass is 9.90. The topological polar surface area (TPSA) is 17.1 Å². The molecule has 6 aromatic carbocycles. The minimum Gasteiger partial charge on any atom is -0.294 e. The Kier molecular flexibility index (Phi) is 2.26. The smallest absolute Gasteiger partial charge is 0.160 e. The molecule has 1 nitrogen and oxygen atoms in total. The Hall–Kier alpha value is -3.45. The van der Waals surface area contributed by atoms with Gasteiger partial charge in [-0.15, -0.1) is 0 Å². The van der Waals surface area contributed by atoms with Gasteiger partial charge in [-0.05, 0) is 70.7 Å². The number of fused-ring (bicyclic) bond motifs is 8. The van der Waals surface area contributed by atoms with E-state index in [1.54, 1.807) is 0 Å². The summed E-state index contributed by atoms with van der Waals surface area (Å²) in [5.74, 6) is 0.206. The first-order valence-corrected chi connectivity index (χ1v) is 9.39. The van der Waals surface area contributed by atoms with Gasteiger partial charge in [-0.1, -0.05) is 66.7 Å². The van der Waals surface area contributed by atoms with Gasteiger partial charge in [0.25, 0.3) is 0 Å². The fourth-order valence-electron chi connectivity index (χ4n) is 5.41. The molecule has 0 heterocycles. The van der Waals surface area contributed by atoms with Gasteiger partial charge in [0, 0.05) is 6.42 Å². The number of hydrogen-bond acceptors (Lipinski definition) is 1. The molecule has 0 aliphatic heterocycles. The zero-order valence-electron chi connectivity index (χ0n) is 14.5. The summed E-state index contributed by atoms with van der Waals surface area (Å²) in [6, 6.07) is 23.8. The highest BCUT2D eigenvalue weighted by Gasteiger charge is 2.25. The Balaban J connectivity index is 1.99. The van der Waals surface area contributed by atoms with E-state index in [0.717, 1.165) is 5.22 Å². The highest BCUT2D eigenvalue weighted by atomic mass is 16.1. The van der Waals surface area contributed by atoms with E-state index in [-0.39, 0.29) is 5.78 Å². The Labute approximate surface area is 154 Å². The number of hydrogen-bond donors (Lipinski definition) is 0. The molecule has 7 rings (SSSR count). The van der Waals surface area contributed by atoms with Crippen molar-refractivity contribution >= 4 is 65.7 Å². The van der Waals surface area contributed by atoms with Crippen LogP contribution in [0.5, 0.6) is 0 Å². The minimum atomic E-state index is 0.206. The number of Topliss-reactive ketones (excluding diaryl/α,β-unsaturated/α-hetero) is 1. The summed E-state index contributed by atoms with van der Waals surface area (Å²) in [4.78, 5) is 12.7. The molecule has 0 unspecified atom stereocenters. The van der Waals surface area contributed by atoms with Crippen LogP contribution in [0.2, 0.25) is 0 Å². The van der Waals surface area contributed by atoms with Crippen molar-refractivity contribution in [2.45, 2.75) is 6.42 Å². The van der Waals surface area contributed by atoms with Crippen LogP contribution in [0.15, 0.2) is 66.7 Å². The van der Waals surface area contributed by atoms with Crippen LogP contribution in [-0.4, -0.2) is 5.78 Å². The van der Waals surface area contributed by atoms with E-state index in [1.165, 1.54) is 59.4 Å².